The molecule has 0 unspecified atom stereocenters. The molecular weight excluding hydrogens is 324 g/mol. The van der Waals surface area contributed by atoms with Gasteiger partial charge in [0.15, 0.2) is 0 Å². The molecule has 142 valence electrons. The van der Waals surface area contributed by atoms with Gasteiger partial charge in [-0.2, -0.15) is 0 Å². The van der Waals surface area contributed by atoms with Crippen LogP contribution in [0.5, 0.6) is 5.75 Å². The van der Waals surface area contributed by atoms with Crippen LogP contribution in [-0.4, -0.2) is 49.0 Å². The van der Waals surface area contributed by atoms with Gasteiger partial charge in [-0.05, 0) is 63.7 Å². The van der Waals surface area contributed by atoms with Crippen LogP contribution in [0.1, 0.15) is 44.1 Å². The lowest BCUT2D eigenvalue weighted by atomic mass is 10.0. The van der Waals surface area contributed by atoms with Crippen LogP contribution >= 0.6 is 0 Å². The topological polar surface area (TPSA) is 32.8 Å². The number of nitrogens with zero attached hydrogens (tertiary/aromatic N) is 2. The Morgan fingerprint density at radius 3 is 2.42 bits per heavy atom. The van der Waals surface area contributed by atoms with Gasteiger partial charge < -0.3 is 14.5 Å². The Morgan fingerprint density at radius 2 is 1.77 bits per heavy atom. The van der Waals surface area contributed by atoms with E-state index < -0.39 is 0 Å². The van der Waals surface area contributed by atoms with Crippen molar-refractivity contribution in [3.63, 3.8) is 0 Å². The number of piperidine rings is 1. The predicted molar refractivity (Wildman–Crippen MR) is 103 cm³/mol. The number of fused-ring (bicyclic) bond motifs is 1. The average Bonchev–Trinajstić information content (AvgIpc) is 3.41. The Morgan fingerprint density at radius 1 is 1.12 bits per heavy atom. The molecule has 2 saturated carbocycles. The van der Waals surface area contributed by atoms with Gasteiger partial charge in [0.1, 0.15) is 5.75 Å². The highest BCUT2D eigenvalue weighted by atomic mass is 16.5. The van der Waals surface area contributed by atoms with Crippen molar-refractivity contribution in [1.29, 1.82) is 0 Å². The van der Waals surface area contributed by atoms with E-state index in [0.717, 1.165) is 37.2 Å². The van der Waals surface area contributed by atoms with Crippen molar-refractivity contribution in [2.24, 2.45) is 17.8 Å². The van der Waals surface area contributed by atoms with Crippen molar-refractivity contribution < 1.29 is 9.53 Å². The van der Waals surface area contributed by atoms with Gasteiger partial charge in [0.25, 0.3) is 0 Å². The first-order valence-electron chi connectivity index (χ1n) is 10.3. The number of hydrogen-bond acceptors (Lipinski definition) is 3. The molecule has 4 rings (SSSR count). The van der Waals surface area contributed by atoms with Crippen molar-refractivity contribution in [3.8, 4) is 5.75 Å². The molecule has 4 heteroatoms. The van der Waals surface area contributed by atoms with Crippen LogP contribution in [0, 0.1) is 17.8 Å². The number of amides is 1. The number of hydrogen-bond donors (Lipinski definition) is 0. The van der Waals surface area contributed by atoms with E-state index in [2.05, 4.69) is 22.9 Å². The van der Waals surface area contributed by atoms with Crippen LogP contribution in [0.2, 0.25) is 0 Å². The molecule has 1 aliphatic heterocycles. The number of ether oxygens (including phenoxy) is 1. The number of likely N-dealkylation sites (tertiary alicyclic amines) is 1. The summed E-state index contributed by atoms with van der Waals surface area (Å²) in [5.41, 5.74) is 1.13. The third-order valence-corrected chi connectivity index (χ3v) is 6.89. The molecule has 2 aliphatic carbocycles. The van der Waals surface area contributed by atoms with E-state index in [1.165, 1.54) is 25.7 Å². The molecule has 1 amide bonds. The number of benzene rings is 1. The highest BCUT2D eigenvalue weighted by Gasteiger charge is 2.56. The zero-order valence-electron chi connectivity index (χ0n) is 16.2. The lowest BCUT2D eigenvalue weighted by molar-refractivity contribution is -0.137. The zero-order valence-corrected chi connectivity index (χ0v) is 16.2. The minimum Gasteiger partial charge on any atom is -0.496 e. The maximum atomic E-state index is 13.5. The fourth-order valence-electron chi connectivity index (χ4n) is 5.26. The van der Waals surface area contributed by atoms with Crippen LogP contribution in [0.3, 0.4) is 0 Å². The van der Waals surface area contributed by atoms with E-state index in [9.17, 15) is 4.79 Å². The molecule has 1 heterocycles. The molecule has 0 bridgehead atoms. The normalized spacial score (nSPS) is 29.1. The monoisotopic (exact) mass is 356 g/mol. The standard InChI is InChI=1S/C22H32N2O2/c1-23-13-11-17(12-14-23)24(15-16-7-3-6-10-20(16)26-2)22(25)21-18-8-4-5-9-19(18)21/h3,6-7,10,17-19,21H,4-5,8-9,11-15H2,1-2H3/t18-,19-/m1/s1. The third kappa shape index (κ3) is 3.48. The molecule has 1 saturated heterocycles. The summed E-state index contributed by atoms with van der Waals surface area (Å²) < 4.78 is 5.55. The fourth-order valence-corrected chi connectivity index (χ4v) is 5.26. The largest absolute Gasteiger partial charge is 0.496 e. The summed E-state index contributed by atoms with van der Waals surface area (Å²) in [5.74, 6) is 2.95. The van der Waals surface area contributed by atoms with Gasteiger partial charge in [0.2, 0.25) is 5.91 Å². The Kier molecular flexibility index (Phi) is 5.21. The maximum absolute atomic E-state index is 13.5. The summed E-state index contributed by atoms with van der Waals surface area (Å²) >= 11 is 0. The smallest absolute Gasteiger partial charge is 0.226 e. The zero-order chi connectivity index (χ0) is 18.1. The van der Waals surface area contributed by atoms with E-state index in [1.807, 2.05) is 18.2 Å². The molecule has 1 aromatic rings. The van der Waals surface area contributed by atoms with Crippen LogP contribution in [0.25, 0.3) is 0 Å². The molecule has 1 aromatic carbocycles. The summed E-state index contributed by atoms with van der Waals surface area (Å²) in [4.78, 5) is 18.1. The average molecular weight is 357 g/mol. The highest BCUT2D eigenvalue weighted by Crippen LogP contribution is 2.56. The minimum atomic E-state index is 0.298. The first-order chi connectivity index (χ1) is 12.7. The van der Waals surface area contributed by atoms with Crippen molar-refractivity contribution in [3.05, 3.63) is 29.8 Å². The van der Waals surface area contributed by atoms with E-state index in [-0.39, 0.29) is 0 Å². The number of carbonyl (C=O) groups excluding carboxylic acids is 1. The SMILES string of the molecule is COc1ccccc1CN(C(=O)C1[C@@H]2CCCC[C@@H]12)C1CCN(C)CC1. The second kappa shape index (κ2) is 7.59. The Balaban J connectivity index is 1.54. The van der Waals surface area contributed by atoms with Crippen molar-refractivity contribution in [1.82, 2.24) is 9.80 Å². The van der Waals surface area contributed by atoms with Gasteiger partial charge in [-0.1, -0.05) is 31.0 Å². The van der Waals surface area contributed by atoms with Crippen LogP contribution < -0.4 is 4.74 Å². The lowest BCUT2D eigenvalue weighted by Gasteiger charge is -2.38. The molecule has 4 nitrogen and oxygen atoms in total. The molecule has 0 spiro atoms. The molecule has 26 heavy (non-hydrogen) atoms. The highest BCUT2D eigenvalue weighted by molar-refractivity contribution is 5.83. The summed E-state index contributed by atoms with van der Waals surface area (Å²) in [5, 5.41) is 0. The third-order valence-electron chi connectivity index (χ3n) is 6.89. The summed E-state index contributed by atoms with van der Waals surface area (Å²) in [6.07, 6.45) is 7.31. The Bertz CT molecular complexity index is 627. The van der Waals surface area contributed by atoms with Gasteiger partial charge in [-0.3, -0.25) is 4.79 Å². The number of para-hydroxylation sites is 1. The van der Waals surface area contributed by atoms with E-state index in [0.29, 0.717) is 36.2 Å². The van der Waals surface area contributed by atoms with Crippen LogP contribution in [0.4, 0.5) is 0 Å². The van der Waals surface area contributed by atoms with E-state index in [4.69, 9.17) is 4.74 Å². The Hall–Kier alpha value is -1.55. The Labute approximate surface area is 157 Å². The number of rotatable bonds is 5. The van der Waals surface area contributed by atoms with Gasteiger partial charge in [-0.25, -0.2) is 0 Å². The predicted octanol–water partition coefficient (Wildman–Crippen LogP) is 3.55. The van der Waals surface area contributed by atoms with Crippen LogP contribution in [0.15, 0.2) is 24.3 Å². The van der Waals surface area contributed by atoms with E-state index in [1.54, 1.807) is 7.11 Å². The fraction of sp³-hybridized carbons (Fsp3) is 0.682. The second-order valence-corrected chi connectivity index (χ2v) is 8.45. The maximum Gasteiger partial charge on any atom is 0.226 e. The molecule has 2 atom stereocenters. The first-order valence-corrected chi connectivity index (χ1v) is 10.3. The summed E-state index contributed by atoms with van der Waals surface area (Å²) in [7, 11) is 3.90. The van der Waals surface area contributed by atoms with E-state index >= 15 is 0 Å². The first kappa shape index (κ1) is 17.8. The van der Waals surface area contributed by atoms with Crippen LogP contribution in [-0.2, 0) is 11.3 Å². The molecule has 0 aromatic heterocycles. The van der Waals surface area contributed by atoms with Crippen molar-refractivity contribution in [2.75, 3.05) is 27.2 Å². The van der Waals surface area contributed by atoms with Gasteiger partial charge in [0, 0.05) is 24.1 Å². The van der Waals surface area contributed by atoms with Gasteiger partial charge >= 0.3 is 0 Å². The molecular formula is C22H32N2O2. The lowest BCUT2D eigenvalue weighted by Crippen LogP contribution is -2.47. The summed E-state index contributed by atoms with van der Waals surface area (Å²) in [6.45, 7) is 2.85. The summed E-state index contributed by atoms with van der Waals surface area (Å²) in [6, 6.07) is 8.52. The van der Waals surface area contributed by atoms with Crippen molar-refractivity contribution in [2.45, 2.75) is 51.1 Å². The van der Waals surface area contributed by atoms with Crippen molar-refractivity contribution >= 4 is 5.91 Å². The number of methoxy groups -OCH3 is 1. The van der Waals surface area contributed by atoms with Gasteiger partial charge in [-0.15, -0.1) is 0 Å². The quantitative estimate of drug-likeness (QED) is 0.809. The molecule has 0 radical (unpaired) electrons. The second-order valence-electron chi connectivity index (χ2n) is 8.45. The molecule has 3 fully saturated rings. The molecule has 0 N–H and O–H groups in total. The number of carbonyl (C=O) groups is 1. The van der Waals surface area contributed by atoms with Gasteiger partial charge in [0.05, 0.1) is 7.11 Å². The minimum absolute atomic E-state index is 0.298. The molecule has 3 aliphatic rings.